The molecule has 1 N–H and O–H groups in total. The number of esters is 1. The molecule has 142 valence electrons. The van der Waals surface area contributed by atoms with Crippen molar-refractivity contribution in [3.05, 3.63) is 66.2 Å². The molecule has 1 aliphatic heterocycles. The summed E-state index contributed by atoms with van der Waals surface area (Å²) in [6.07, 6.45) is 2.31. The van der Waals surface area contributed by atoms with Crippen LogP contribution >= 0.6 is 0 Å². The van der Waals surface area contributed by atoms with Gasteiger partial charge in [-0.25, -0.2) is 9.78 Å². The zero-order chi connectivity index (χ0) is 19.3. The van der Waals surface area contributed by atoms with Crippen LogP contribution in [0.1, 0.15) is 23.2 Å². The van der Waals surface area contributed by atoms with E-state index in [0.717, 1.165) is 48.8 Å². The van der Waals surface area contributed by atoms with E-state index in [9.17, 15) is 4.79 Å². The van der Waals surface area contributed by atoms with Crippen molar-refractivity contribution in [2.24, 2.45) is 0 Å². The minimum Gasteiger partial charge on any atom is -0.465 e. The number of carbonyl (C=O) groups excluding carboxylic acids is 1. The van der Waals surface area contributed by atoms with Crippen LogP contribution in [0.5, 0.6) is 0 Å². The summed E-state index contributed by atoms with van der Waals surface area (Å²) in [5.41, 5.74) is 3.17. The molecule has 6 heteroatoms. The highest BCUT2D eigenvalue weighted by molar-refractivity contribution is 5.90. The summed E-state index contributed by atoms with van der Waals surface area (Å²) < 4.78 is 4.81. The van der Waals surface area contributed by atoms with Crippen LogP contribution in [0, 0.1) is 0 Å². The number of rotatable bonds is 5. The summed E-state index contributed by atoms with van der Waals surface area (Å²) in [4.78, 5) is 23.5. The fourth-order valence-electron chi connectivity index (χ4n) is 3.30. The highest BCUT2D eigenvalue weighted by Crippen LogP contribution is 2.26. The maximum Gasteiger partial charge on any atom is 0.337 e. The van der Waals surface area contributed by atoms with Gasteiger partial charge in [-0.15, -0.1) is 0 Å². The van der Waals surface area contributed by atoms with Gasteiger partial charge < -0.3 is 15.0 Å². The van der Waals surface area contributed by atoms with Crippen LogP contribution < -0.4 is 10.2 Å². The molecular formula is C22H22N4O2. The number of nitrogens with one attached hydrogen (secondary N) is 1. The monoisotopic (exact) mass is 374 g/mol. The fourth-order valence-corrected chi connectivity index (χ4v) is 3.30. The first-order valence-electron chi connectivity index (χ1n) is 9.38. The van der Waals surface area contributed by atoms with Crippen molar-refractivity contribution in [2.75, 3.05) is 30.4 Å². The molecule has 1 aromatic heterocycles. The predicted octanol–water partition coefficient (Wildman–Crippen LogP) is 4.27. The number of aromatic nitrogens is 2. The molecular weight excluding hydrogens is 352 g/mol. The molecule has 1 aliphatic rings. The van der Waals surface area contributed by atoms with Gasteiger partial charge >= 0.3 is 5.97 Å². The first-order valence-corrected chi connectivity index (χ1v) is 9.38. The van der Waals surface area contributed by atoms with Crippen molar-refractivity contribution in [3.8, 4) is 11.3 Å². The van der Waals surface area contributed by atoms with Gasteiger partial charge in [-0.05, 0) is 31.0 Å². The molecule has 0 atom stereocenters. The van der Waals surface area contributed by atoms with Gasteiger partial charge in [-0.3, -0.25) is 0 Å². The number of anilines is 3. The molecule has 3 aromatic rings. The van der Waals surface area contributed by atoms with Gasteiger partial charge in [0.2, 0.25) is 5.95 Å². The highest BCUT2D eigenvalue weighted by atomic mass is 16.5. The summed E-state index contributed by atoms with van der Waals surface area (Å²) >= 11 is 0. The third kappa shape index (κ3) is 3.96. The Morgan fingerprint density at radius 2 is 1.79 bits per heavy atom. The number of hydrogen-bond donors (Lipinski definition) is 1. The summed E-state index contributed by atoms with van der Waals surface area (Å²) in [5.74, 6) is 1.05. The average molecular weight is 374 g/mol. The van der Waals surface area contributed by atoms with E-state index in [0.29, 0.717) is 11.4 Å². The van der Waals surface area contributed by atoms with Gasteiger partial charge in [0.1, 0.15) is 5.82 Å². The lowest BCUT2D eigenvalue weighted by atomic mass is 10.1. The zero-order valence-corrected chi connectivity index (χ0v) is 15.8. The molecule has 4 rings (SSSR count). The third-order valence-corrected chi connectivity index (χ3v) is 4.73. The van der Waals surface area contributed by atoms with E-state index in [1.807, 2.05) is 48.5 Å². The van der Waals surface area contributed by atoms with Gasteiger partial charge in [0, 0.05) is 30.4 Å². The van der Waals surface area contributed by atoms with Crippen molar-refractivity contribution in [2.45, 2.75) is 12.8 Å². The molecule has 0 radical (unpaired) electrons. The van der Waals surface area contributed by atoms with Crippen LogP contribution in [0.3, 0.4) is 0 Å². The lowest BCUT2D eigenvalue weighted by Crippen LogP contribution is -2.21. The van der Waals surface area contributed by atoms with E-state index in [1.54, 1.807) is 12.1 Å². The fraction of sp³-hybridized carbons (Fsp3) is 0.227. The van der Waals surface area contributed by atoms with Gasteiger partial charge in [0.15, 0.2) is 0 Å². The molecule has 1 fully saturated rings. The Morgan fingerprint density at radius 3 is 2.54 bits per heavy atom. The van der Waals surface area contributed by atoms with Crippen molar-refractivity contribution < 1.29 is 9.53 Å². The lowest BCUT2D eigenvalue weighted by Gasteiger charge is -2.18. The Morgan fingerprint density at radius 1 is 1.00 bits per heavy atom. The van der Waals surface area contributed by atoms with Gasteiger partial charge in [-0.2, -0.15) is 4.98 Å². The number of benzene rings is 2. The van der Waals surface area contributed by atoms with Gasteiger partial charge in [0.05, 0.1) is 18.4 Å². The van der Waals surface area contributed by atoms with Crippen LogP contribution in [0.2, 0.25) is 0 Å². The summed E-state index contributed by atoms with van der Waals surface area (Å²) in [5, 5.41) is 3.31. The molecule has 1 saturated heterocycles. The zero-order valence-electron chi connectivity index (χ0n) is 15.8. The molecule has 0 aliphatic carbocycles. The minimum absolute atomic E-state index is 0.367. The Bertz CT molecular complexity index is 969. The molecule has 0 bridgehead atoms. The molecule has 0 unspecified atom stereocenters. The maximum absolute atomic E-state index is 11.8. The molecule has 6 nitrogen and oxygen atoms in total. The van der Waals surface area contributed by atoms with E-state index in [4.69, 9.17) is 14.7 Å². The number of nitrogens with zero attached hydrogens (tertiary/aromatic N) is 3. The van der Waals surface area contributed by atoms with E-state index >= 15 is 0 Å². The van der Waals surface area contributed by atoms with Crippen LogP contribution in [0.15, 0.2) is 60.7 Å². The largest absolute Gasteiger partial charge is 0.465 e. The Labute approximate surface area is 164 Å². The van der Waals surface area contributed by atoms with Crippen LogP contribution in [-0.2, 0) is 4.74 Å². The maximum atomic E-state index is 11.8. The molecule has 2 aromatic carbocycles. The average Bonchev–Trinajstić information content (AvgIpc) is 3.29. The smallest absolute Gasteiger partial charge is 0.337 e. The van der Waals surface area contributed by atoms with E-state index in [-0.39, 0.29) is 5.97 Å². The van der Waals surface area contributed by atoms with E-state index in [1.165, 1.54) is 7.11 Å². The lowest BCUT2D eigenvalue weighted by molar-refractivity contribution is 0.0601. The van der Waals surface area contributed by atoms with Gasteiger partial charge in [-0.1, -0.05) is 36.4 Å². The number of hydrogen-bond acceptors (Lipinski definition) is 6. The number of carbonyl (C=O) groups is 1. The van der Waals surface area contributed by atoms with E-state index in [2.05, 4.69) is 10.2 Å². The van der Waals surface area contributed by atoms with Crippen molar-refractivity contribution in [3.63, 3.8) is 0 Å². The van der Waals surface area contributed by atoms with Crippen LogP contribution in [0.4, 0.5) is 17.5 Å². The normalized spacial score (nSPS) is 13.4. The molecule has 0 amide bonds. The van der Waals surface area contributed by atoms with Crippen LogP contribution in [0.25, 0.3) is 11.3 Å². The SMILES string of the molecule is COC(=O)c1cccc(Nc2cc(-c3ccccc3)nc(N3CCCC3)n2)c1. The second-order valence-electron chi connectivity index (χ2n) is 6.70. The highest BCUT2D eigenvalue weighted by Gasteiger charge is 2.17. The third-order valence-electron chi connectivity index (χ3n) is 4.73. The minimum atomic E-state index is -0.367. The summed E-state index contributed by atoms with van der Waals surface area (Å²) in [6.45, 7) is 1.94. The molecule has 2 heterocycles. The predicted molar refractivity (Wildman–Crippen MR) is 110 cm³/mol. The van der Waals surface area contributed by atoms with Crippen molar-refractivity contribution >= 4 is 23.4 Å². The standard InChI is InChI=1S/C22H22N4O2/c1-28-21(27)17-10-7-11-18(14-17)23-20-15-19(16-8-3-2-4-9-16)24-22(25-20)26-12-5-6-13-26/h2-4,7-11,14-15H,5-6,12-13H2,1H3,(H,23,24,25). The molecule has 0 spiro atoms. The summed E-state index contributed by atoms with van der Waals surface area (Å²) in [6, 6.07) is 19.2. The topological polar surface area (TPSA) is 67.3 Å². The number of methoxy groups -OCH3 is 1. The Kier molecular flexibility index (Phi) is 5.19. The second-order valence-corrected chi connectivity index (χ2v) is 6.70. The van der Waals surface area contributed by atoms with Gasteiger partial charge in [0.25, 0.3) is 0 Å². The number of ether oxygens (including phenoxy) is 1. The van der Waals surface area contributed by atoms with Crippen LogP contribution in [-0.4, -0.2) is 36.1 Å². The second kappa shape index (κ2) is 8.08. The van der Waals surface area contributed by atoms with E-state index < -0.39 is 0 Å². The van der Waals surface area contributed by atoms with Crippen molar-refractivity contribution in [1.82, 2.24) is 9.97 Å². The molecule has 0 saturated carbocycles. The first-order chi connectivity index (χ1) is 13.7. The summed E-state index contributed by atoms with van der Waals surface area (Å²) in [7, 11) is 1.38. The Balaban J connectivity index is 1.70. The Hall–Kier alpha value is -3.41. The van der Waals surface area contributed by atoms with Crippen molar-refractivity contribution in [1.29, 1.82) is 0 Å². The first kappa shape index (κ1) is 18.0. The molecule has 28 heavy (non-hydrogen) atoms. The quantitative estimate of drug-likeness (QED) is 0.673.